The van der Waals surface area contributed by atoms with E-state index in [0.29, 0.717) is 5.92 Å². The number of nitrogens with one attached hydrogen (secondary N) is 1. The summed E-state index contributed by atoms with van der Waals surface area (Å²) in [5.41, 5.74) is 6.23. The van der Waals surface area contributed by atoms with E-state index < -0.39 is 0 Å². The lowest BCUT2D eigenvalue weighted by Gasteiger charge is -2.27. The molecule has 1 nitrogen and oxygen atoms in total. The van der Waals surface area contributed by atoms with Crippen LogP contribution in [0.4, 0.5) is 0 Å². The molecular formula is C29H41N. The highest BCUT2D eigenvalue weighted by atomic mass is 14.8. The highest BCUT2D eigenvalue weighted by Gasteiger charge is 2.22. The van der Waals surface area contributed by atoms with Gasteiger partial charge in [0.15, 0.2) is 0 Å². The predicted molar refractivity (Wildman–Crippen MR) is 138 cm³/mol. The summed E-state index contributed by atoms with van der Waals surface area (Å²) >= 11 is 0. The average Bonchev–Trinajstić information content (AvgIpc) is 2.76. The van der Waals surface area contributed by atoms with Crippen LogP contribution in [0, 0.1) is 5.92 Å². The Balaban J connectivity index is 0.00000407. The maximum absolute atomic E-state index is 4.22. The van der Waals surface area contributed by atoms with E-state index in [1.165, 1.54) is 22.3 Å². The average molecular weight is 404 g/mol. The molecule has 0 aromatic carbocycles. The molecule has 30 heavy (non-hydrogen) atoms. The second-order valence-corrected chi connectivity index (χ2v) is 6.75. The van der Waals surface area contributed by atoms with Crippen molar-refractivity contribution >= 4 is 0 Å². The Labute approximate surface area is 186 Å². The predicted octanol–water partition coefficient (Wildman–Crippen LogP) is 8.33. The zero-order valence-electron chi connectivity index (χ0n) is 19.7. The molecule has 0 saturated heterocycles. The zero-order valence-corrected chi connectivity index (χ0v) is 19.7. The van der Waals surface area contributed by atoms with Crippen LogP contribution in [0.25, 0.3) is 0 Å². The lowest BCUT2D eigenvalue weighted by atomic mass is 9.78. The smallest absolute Gasteiger partial charge is 0.00640 e. The highest BCUT2D eigenvalue weighted by Crippen LogP contribution is 2.38. The third kappa shape index (κ3) is 9.60. The second kappa shape index (κ2) is 17.1. The first-order chi connectivity index (χ1) is 14.6. The topological polar surface area (TPSA) is 12.0 Å². The largest absolute Gasteiger partial charge is 0.394 e. The third-order valence-corrected chi connectivity index (χ3v) is 4.66. The molecule has 1 rings (SSSR count). The van der Waals surface area contributed by atoms with Gasteiger partial charge in [-0.15, -0.1) is 0 Å². The van der Waals surface area contributed by atoms with Crippen LogP contribution < -0.4 is 5.32 Å². The Morgan fingerprint density at radius 2 is 1.87 bits per heavy atom. The molecule has 0 aliphatic heterocycles. The van der Waals surface area contributed by atoms with Gasteiger partial charge >= 0.3 is 0 Å². The minimum Gasteiger partial charge on any atom is -0.394 e. The molecule has 1 unspecified atom stereocenters. The molecule has 0 fully saturated rings. The molecule has 0 aromatic rings. The van der Waals surface area contributed by atoms with E-state index in [0.717, 1.165) is 24.8 Å². The molecule has 1 N–H and O–H groups in total. The van der Waals surface area contributed by atoms with Crippen molar-refractivity contribution in [3.8, 4) is 0 Å². The van der Waals surface area contributed by atoms with Gasteiger partial charge in [-0.2, -0.15) is 0 Å². The summed E-state index contributed by atoms with van der Waals surface area (Å²) in [5.74, 6) is 0.302. The molecule has 1 heteroatoms. The summed E-state index contributed by atoms with van der Waals surface area (Å²) in [6.07, 6.45) is 27.8. The van der Waals surface area contributed by atoms with Gasteiger partial charge in [0.2, 0.25) is 0 Å². The SMILES string of the molecule is C=C/C=C\C1=CC(=C\CC/C=C\C=C/C)/C(CC(=C)/C=C/NC)=C(C=C)C1C.CC. The van der Waals surface area contributed by atoms with E-state index >= 15 is 0 Å². The van der Waals surface area contributed by atoms with Crippen molar-refractivity contribution < 1.29 is 0 Å². The lowest BCUT2D eigenvalue weighted by molar-refractivity contribution is 0.812. The van der Waals surface area contributed by atoms with Gasteiger partial charge in [-0.05, 0) is 66.3 Å². The number of allylic oxidation sites excluding steroid dienone is 16. The first kappa shape index (κ1) is 27.2. The molecule has 1 aliphatic rings. The third-order valence-electron chi connectivity index (χ3n) is 4.66. The van der Waals surface area contributed by atoms with Gasteiger partial charge in [0.1, 0.15) is 0 Å². The number of hydrogen-bond donors (Lipinski definition) is 1. The van der Waals surface area contributed by atoms with Gasteiger partial charge in [-0.25, -0.2) is 0 Å². The molecule has 0 bridgehead atoms. The molecule has 0 spiro atoms. The number of unbranched alkanes of at least 4 members (excludes halogenated alkanes) is 1. The molecule has 0 amide bonds. The number of hydrogen-bond acceptors (Lipinski definition) is 1. The molecule has 0 heterocycles. The van der Waals surface area contributed by atoms with Gasteiger partial charge < -0.3 is 5.32 Å². The Hall–Kier alpha value is -2.80. The molecule has 0 aromatic heterocycles. The van der Waals surface area contributed by atoms with Gasteiger partial charge in [0, 0.05) is 13.0 Å². The van der Waals surface area contributed by atoms with Gasteiger partial charge in [-0.1, -0.05) is 101 Å². The van der Waals surface area contributed by atoms with Crippen LogP contribution in [-0.2, 0) is 0 Å². The molecule has 1 aliphatic carbocycles. The Kier molecular flexibility index (Phi) is 15.5. The monoisotopic (exact) mass is 403 g/mol. The van der Waals surface area contributed by atoms with E-state index in [1.54, 1.807) is 0 Å². The molecular weight excluding hydrogens is 362 g/mol. The van der Waals surface area contributed by atoms with Crippen molar-refractivity contribution in [3.63, 3.8) is 0 Å². The summed E-state index contributed by atoms with van der Waals surface area (Å²) in [7, 11) is 1.90. The maximum Gasteiger partial charge on any atom is 0.00640 e. The van der Waals surface area contributed by atoms with Gasteiger partial charge in [0.05, 0.1) is 0 Å². The summed E-state index contributed by atoms with van der Waals surface area (Å²) in [4.78, 5) is 0. The van der Waals surface area contributed by atoms with Crippen LogP contribution in [-0.4, -0.2) is 7.05 Å². The van der Waals surface area contributed by atoms with E-state index in [1.807, 2.05) is 64.4 Å². The minimum absolute atomic E-state index is 0.302. The van der Waals surface area contributed by atoms with Crippen molar-refractivity contribution in [2.75, 3.05) is 7.05 Å². The zero-order chi connectivity index (χ0) is 22.8. The maximum atomic E-state index is 4.22. The van der Waals surface area contributed by atoms with E-state index in [9.17, 15) is 0 Å². The summed E-state index contributed by atoms with van der Waals surface area (Å²) in [5, 5.41) is 3.03. The van der Waals surface area contributed by atoms with Crippen LogP contribution in [0.15, 0.2) is 121 Å². The second-order valence-electron chi connectivity index (χ2n) is 6.75. The van der Waals surface area contributed by atoms with Crippen molar-refractivity contribution in [3.05, 3.63) is 121 Å². The first-order valence-electron chi connectivity index (χ1n) is 10.9. The Morgan fingerprint density at radius 1 is 1.13 bits per heavy atom. The van der Waals surface area contributed by atoms with Crippen LogP contribution >= 0.6 is 0 Å². The highest BCUT2D eigenvalue weighted by molar-refractivity contribution is 5.57. The fourth-order valence-corrected chi connectivity index (χ4v) is 3.17. The Bertz CT molecular complexity index is 760. The molecule has 162 valence electrons. The molecule has 0 radical (unpaired) electrons. The van der Waals surface area contributed by atoms with E-state index in [2.05, 4.69) is 68.4 Å². The van der Waals surface area contributed by atoms with Crippen molar-refractivity contribution in [1.82, 2.24) is 5.32 Å². The van der Waals surface area contributed by atoms with Gasteiger partial charge in [-0.3, -0.25) is 0 Å². The fraction of sp³-hybridized carbons (Fsp3) is 0.310. The molecule has 1 atom stereocenters. The summed E-state index contributed by atoms with van der Waals surface area (Å²) in [6.45, 7) is 20.4. The Morgan fingerprint density at radius 3 is 2.47 bits per heavy atom. The fourth-order valence-electron chi connectivity index (χ4n) is 3.17. The standard InChI is InChI=1S/C27H35N.C2H6/c1-7-10-12-13-14-15-17-25-21-24(16-11-8-2)23(5)26(9-3)27(25)20-22(4)18-19-28-6;1-2/h7-13,16-19,21,23,28H,2-4,14-15,20H2,1,5-6H3;1-2H3/b10-7-,13-12-,16-11-,19-18+,25-17+;. The lowest BCUT2D eigenvalue weighted by Crippen LogP contribution is -2.11. The number of rotatable bonds is 11. The van der Waals surface area contributed by atoms with Crippen LogP contribution in [0.1, 0.15) is 47.0 Å². The van der Waals surface area contributed by atoms with E-state index in [-0.39, 0.29) is 0 Å². The van der Waals surface area contributed by atoms with Crippen molar-refractivity contribution in [2.45, 2.75) is 47.0 Å². The molecule has 0 saturated carbocycles. The van der Waals surface area contributed by atoms with Crippen LogP contribution in [0.5, 0.6) is 0 Å². The quantitative estimate of drug-likeness (QED) is 0.270. The summed E-state index contributed by atoms with van der Waals surface area (Å²) < 4.78 is 0. The summed E-state index contributed by atoms with van der Waals surface area (Å²) in [6, 6.07) is 0. The van der Waals surface area contributed by atoms with Crippen molar-refractivity contribution in [2.24, 2.45) is 5.92 Å². The normalized spacial score (nSPS) is 18.2. The first-order valence-corrected chi connectivity index (χ1v) is 10.9. The van der Waals surface area contributed by atoms with Crippen molar-refractivity contribution in [1.29, 1.82) is 0 Å². The van der Waals surface area contributed by atoms with Crippen LogP contribution in [0.2, 0.25) is 0 Å². The minimum atomic E-state index is 0.302. The van der Waals surface area contributed by atoms with Crippen LogP contribution in [0.3, 0.4) is 0 Å². The van der Waals surface area contributed by atoms with E-state index in [4.69, 9.17) is 0 Å². The van der Waals surface area contributed by atoms with Gasteiger partial charge in [0.25, 0.3) is 0 Å².